The number of hydrogen-bond acceptors (Lipinski definition) is 3. The van der Waals surface area contributed by atoms with Crippen molar-refractivity contribution in [1.29, 1.82) is 0 Å². The summed E-state index contributed by atoms with van der Waals surface area (Å²) in [5.41, 5.74) is 1.03. The van der Waals surface area contributed by atoms with Crippen LogP contribution in [0.1, 0.15) is 41.7 Å². The molecule has 4 rings (SSSR count). The van der Waals surface area contributed by atoms with Gasteiger partial charge in [0, 0.05) is 31.9 Å². The van der Waals surface area contributed by atoms with Crippen molar-refractivity contribution in [3.05, 3.63) is 53.6 Å². The van der Waals surface area contributed by atoms with Crippen LogP contribution in [0.5, 0.6) is 0 Å². The highest BCUT2D eigenvalue weighted by molar-refractivity contribution is 7.89. The maximum Gasteiger partial charge on any atom is 0.270 e. The summed E-state index contributed by atoms with van der Waals surface area (Å²) < 4.78 is 40.9. The molecule has 0 bridgehead atoms. The Morgan fingerprint density at radius 1 is 1.19 bits per heavy atom. The standard InChI is InChI=1S/C19H22FN3O3S/c20-15-5-3-14(4-6-15)13-23(16-7-8-16)27(25,26)17-11-18(21-12-17)19(24)22-9-1-2-10-22/h3-6,11-12,16,21H,1-2,7-10,13H2. The van der Waals surface area contributed by atoms with Gasteiger partial charge in [0.05, 0.1) is 0 Å². The number of halogens is 1. The molecule has 1 N–H and O–H groups in total. The van der Waals surface area contributed by atoms with Gasteiger partial charge in [0.25, 0.3) is 5.91 Å². The number of amides is 1. The van der Waals surface area contributed by atoms with Crippen molar-refractivity contribution in [2.45, 2.75) is 43.2 Å². The monoisotopic (exact) mass is 391 g/mol. The second-order valence-corrected chi connectivity index (χ2v) is 9.05. The van der Waals surface area contributed by atoms with E-state index in [-0.39, 0.29) is 29.2 Å². The normalized spacial score (nSPS) is 17.6. The summed E-state index contributed by atoms with van der Waals surface area (Å²) in [5.74, 6) is -0.513. The van der Waals surface area contributed by atoms with Crippen LogP contribution in [0.2, 0.25) is 0 Å². The Kier molecular flexibility index (Phi) is 4.77. The van der Waals surface area contributed by atoms with Crippen LogP contribution in [-0.2, 0) is 16.6 Å². The first-order valence-corrected chi connectivity index (χ1v) is 10.6. The van der Waals surface area contributed by atoms with Gasteiger partial charge in [-0.1, -0.05) is 12.1 Å². The summed E-state index contributed by atoms with van der Waals surface area (Å²) >= 11 is 0. The van der Waals surface area contributed by atoms with Crippen LogP contribution < -0.4 is 0 Å². The van der Waals surface area contributed by atoms with E-state index in [4.69, 9.17) is 0 Å². The molecule has 1 aliphatic heterocycles. The lowest BCUT2D eigenvalue weighted by Crippen LogP contribution is -2.32. The molecule has 1 aromatic carbocycles. The van der Waals surface area contributed by atoms with Crippen LogP contribution >= 0.6 is 0 Å². The molecule has 0 radical (unpaired) electrons. The number of nitrogens with zero attached hydrogens (tertiary/aromatic N) is 2. The number of hydrogen-bond donors (Lipinski definition) is 1. The molecule has 2 heterocycles. The zero-order chi connectivity index (χ0) is 19.0. The highest BCUT2D eigenvalue weighted by atomic mass is 32.2. The molecule has 27 heavy (non-hydrogen) atoms. The van der Waals surface area contributed by atoms with E-state index in [1.807, 2.05) is 0 Å². The molecule has 6 nitrogen and oxygen atoms in total. The SMILES string of the molecule is O=C(c1cc(S(=O)(=O)N(Cc2ccc(F)cc2)C2CC2)c[nH]1)N1CCCC1. The lowest BCUT2D eigenvalue weighted by Gasteiger charge is -2.21. The maximum atomic E-state index is 13.1. The average molecular weight is 391 g/mol. The molecular formula is C19H22FN3O3S. The average Bonchev–Trinajstić information content (AvgIpc) is 3.14. The zero-order valence-corrected chi connectivity index (χ0v) is 15.7. The van der Waals surface area contributed by atoms with E-state index >= 15 is 0 Å². The van der Waals surface area contributed by atoms with E-state index in [2.05, 4.69) is 4.98 Å². The number of benzene rings is 1. The van der Waals surface area contributed by atoms with Gasteiger partial charge in [-0.05, 0) is 49.4 Å². The van der Waals surface area contributed by atoms with Crippen LogP contribution in [0.3, 0.4) is 0 Å². The fraction of sp³-hybridized carbons (Fsp3) is 0.421. The minimum Gasteiger partial charge on any atom is -0.356 e. The Bertz CT molecular complexity index is 929. The lowest BCUT2D eigenvalue weighted by molar-refractivity contribution is 0.0787. The number of likely N-dealkylation sites (tertiary alicyclic amines) is 1. The predicted molar refractivity (Wildman–Crippen MR) is 98.1 cm³/mol. The summed E-state index contributed by atoms with van der Waals surface area (Å²) in [6.07, 6.45) is 4.96. The number of H-pyrrole nitrogens is 1. The molecule has 1 saturated carbocycles. The topological polar surface area (TPSA) is 73.5 Å². The summed E-state index contributed by atoms with van der Waals surface area (Å²) in [5, 5.41) is 0. The molecule has 0 unspecified atom stereocenters. The molecule has 1 amide bonds. The van der Waals surface area contributed by atoms with E-state index in [1.165, 1.54) is 28.7 Å². The van der Waals surface area contributed by atoms with E-state index in [0.717, 1.165) is 31.2 Å². The second kappa shape index (κ2) is 7.09. The van der Waals surface area contributed by atoms with Gasteiger partial charge in [-0.15, -0.1) is 0 Å². The van der Waals surface area contributed by atoms with Gasteiger partial charge in [-0.2, -0.15) is 4.31 Å². The van der Waals surface area contributed by atoms with Crippen molar-refractivity contribution in [3.63, 3.8) is 0 Å². The molecule has 1 aromatic heterocycles. The Balaban J connectivity index is 1.57. The maximum absolute atomic E-state index is 13.1. The molecular weight excluding hydrogens is 369 g/mol. The molecule has 0 atom stereocenters. The number of nitrogens with one attached hydrogen (secondary N) is 1. The first-order chi connectivity index (χ1) is 12.9. The van der Waals surface area contributed by atoms with Gasteiger partial charge in [0.2, 0.25) is 10.0 Å². The van der Waals surface area contributed by atoms with Crippen molar-refractivity contribution in [2.75, 3.05) is 13.1 Å². The van der Waals surface area contributed by atoms with Gasteiger partial charge in [0.15, 0.2) is 0 Å². The Morgan fingerprint density at radius 3 is 2.48 bits per heavy atom. The van der Waals surface area contributed by atoms with Crippen LogP contribution in [-0.4, -0.2) is 47.6 Å². The molecule has 8 heteroatoms. The quantitative estimate of drug-likeness (QED) is 0.823. The van der Waals surface area contributed by atoms with Crippen LogP contribution in [0.4, 0.5) is 4.39 Å². The third-order valence-corrected chi connectivity index (χ3v) is 6.97. The first kappa shape index (κ1) is 18.2. The van der Waals surface area contributed by atoms with E-state index < -0.39 is 10.0 Å². The zero-order valence-electron chi connectivity index (χ0n) is 14.9. The molecule has 2 fully saturated rings. The largest absolute Gasteiger partial charge is 0.356 e. The number of aromatic amines is 1. The molecule has 2 aliphatic rings. The van der Waals surface area contributed by atoms with Crippen molar-refractivity contribution < 1.29 is 17.6 Å². The third kappa shape index (κ3) is 3.77. The molecule has 144 valence electrons. The van der Waals surface area contributed by atoms with Gasteiger partial charge in [-0.25, -0.2) is 12.8 Å². The Morgan fingerprint density at radius 2 is 1.85 bits per heavy atom. The van der Waals surface area contributed by atoms with E-state index in [9.17, 15) is 17.6 Å². The minimum absolute atomic E-state index is 0.0484. The van der Waals surface area contributed by atoms with Gasteiger partial charge in [0.1, 0.15) is 16.4 Å². The summed E-state index contributed by atoms with van der Waals surface area (Å²) in [7, 11) is -3.74. The molecule has 0 spiro atoms. The number of carbonyl (C=O) groups excluding carboxylic acids is 1. The predicted octanol–water partition coefficient (Wildman–Crippen LogP) is 2.74. The smallest absolute Gasteiger partial charge is 0.270 e. The van der Waals surface area contributed by atoms with Gasteiger partial charge in [-0.3, -0.25) is 4.79 Å². The van der Waals surface area contributed by atoms with Crippen molar-refractivity contribution >= 4 is 15.9 Å². The van der Waals surface area contributed by atoms with Crippen molar-refractivity contribution in [1.82, 2.24) is 14.2 Å². The fourth-order valence-corrected chi connectivity index (χ4v) is 5.08. The summed E-state index contributed by atoms with van der Waals surface area (Å²) in [4.78, 5) is 17.1. The van der Waals surface area contributed by atoms with Crippen LogP contribution in [0.15, 0.2) is 41.4 Å². The van der Waals surface area contributed by atoms with E-state index in [1.54, 1.807) is 17.0 Å². The minimum atomic E-state index is -3.74. The van der Waals surface area contributed by atoms with E-state index in [0.29, 0.717) is 18.8 Å². The van der Waals surface area contributed by atoms with Crippen molar-refractivity contribution in [3.8, 4) is 0 Å². The number of aromatic nitrogens is 1. The molecule has 2 aromatic rings. The lowest BCUT2D eigenvalue weighted by atomic mass is 10.2. The van der Waals surface area contributed by atoms with Crippen LogP contribution in [0, 0.1) is 5.82 Å². The van der Waals surface area contributed by atoms with Gasteiger partial charge < -0.3 is 9.88 Å². The summed E-state index contributed by atoms with van der Waals surface area (Å²) in [6, 6.07) is 7.23. The second-order valence-electron chi connectivity index (χ2n) is 7.16. The highest BCUT2D eigenvalue weighted by Crippen LogP contribution is 2.34. The number of rotatable bonds is 6. The first-order valence-electron chi connectivity index (χ1n) is 9.19. The number of sulfonamides is 1. The van der Waals surface area contributed by atoms with Gasteiger partial charge >= 0.3 is 0 Å². The number of carbonyl (C=O) groups is 1. The Hall–Kier alpha value is -2.19. The van der Waals surface area contributed by atoms with Crippen LogP contribution in [0.25, 0.3) is 0 Å². The highest BCUT2D eigenvalue weighted by Gasteiger charge is 2.38. The Labute approximate surface area is 158 Å². The molecule has 1 aliphatic carbocycles. The third-order valence-electron chi connectivity index (χ3n) is 5.09. The molecule has 1 saturated heterocycles. The fourth-order valence-electron chi connectivity index (χ4n) is 3.42. The summed E-state index contributed by atoms with van der Waals surface area (Å²) in [6.45, 7) is 1.60. The van der Waals surface area contributed by atoms with Crippen molar-refractivity contribution in [2.24, 2.45) is 0 Å².